The molecular formula is C10H15F3N2O4. The summed E-state index contributed by atoms with van der Waals surface area (Å²) >= 11 is 0. The van der Waals surface area contributed by atoms with Crippen LogP contribution >= 0.6 is 0 Å². The molecule has 0 aliphatic rings. The van der Waals surface area contributed by atoms with E-state index in [1.165, 1.54) is 0 Å². The SMILES string of the molecule is O=C(O)CCCCNC(=O)CC(=O)NCC(F)(F)F. The number of unbranched alkanes of at least 4 members (excludes halogenated alkanes) is 1. The molecule has 0 bridgehead atoms. The molecule has 0 fully saturated rings. The van der Waals surface area contributed by atoms with Gasteiger partial charge in [-0.2, -0.15) is 13.2 Å². The van der Waals surface area contributed by atoms with Crippen molar-refractivity contribution in [3.63, 3.8) is 0 Å². The Morgan fingerprint density at radius 2 is 1.58 bits per heavy atom. The van der Waals surface area contributed by atoms with Crippen LogP contribution in [0.4, 0.5) is 13.2 Å². The van der Waals surface area contributed by atoms with E-state index in [4.69, 9.17) is 5.11 Å². The number of carboxylic acid groups (broad SMARTS) is 1. The first-order chi connectivity index (χ1) is 8.70. The van der Waals surface area contributed by atoms with Crippen LogP contribution in [0.5, 0.6) is 0 Å². The van der Waals surface area contributed by atoms with Crippen LogP contribution < -0.4 is 10.6 Å². The normalized spacial score (nSPS) is 10.9. The van der Waals surface area contributed by atoms with E-state index in [1.54, 1.807) is 5.32 Å². The summed E-state index contributed by atoms with van der Waals surface area (Å²) in [5.74, 6) is -2.66. The summed E-state index contributed by atoms with van der Waals surface area (Å²) in [5, 5.41) is 12.2. The van der Waals surface area contributed by atoms with Gasteiger partial charge in [0.05, 0.1) is 0 Å². The molecule has 0 aliphatic heterocycles. The fourth-order valence-electron chi connectivity index (χ4n) is 1.10. The Morgan fingerprint density at radius 3 is 2.11 bits per heavy atom. The van der Waals surface area contributed by atoms with Crippen LogP contribution in [0.1, 0.15) is 25.7 Å². The second-order valence-corrected chi connectivity index (χ2v) is 3.77. The van der Waals surface area contributed by atoms with Crippen LogP contribution in [0.2, 0.25) is 0 Å². The van der Waals surface area contributed by atoms with E-state index in [2.05, 4.69) is 5.32 Å². The molecule has 9 heteroatoms. The number of halogens is 3. The number of aliphatic carboxylic acids is 1. The van der Waals surface area contributed by atoms with Crippen LogP contribution in [-0.4, -0.2) is 42.2 Å². The van der Waals surface area contributed by atoms with Gasteiger partial charge in [-0.1, -0.05) is 0 Å². The molecule has 110 valence electrons. The summed E-state index contributed by atoms with van der Waals surface area (Å²) in [4.78, 5) is 32.2. The average Bonchev–Trinajstić information content (AvgIpc) is 2.24. The first kappa shape index (κ1) is 17.2. The molecule has 0 radical (unpaired) electrons. The summed E-state index contributed by atoms with van der Waals surface area (Å²) in [7, 11) is 0. The molecule has 0 aromatic carbocycles. The van der Waals surface area contributed by atoms with Crippen molar-refractivity contribution in [3.05, 3.63) is 0 Å². The van der Waals surface area contributed by atoms with Gasteiger partial charge in [0.25, 0.3) is 0 Å². The lowest BCUT2D eigenvalue weighted by Crippen LogP contribution is -2.37. The van der Waals surface area contributed by atoms with Crippen LogP contribution in [-0.2, 0) is 14.4 Å². The predicted molar refractivity (Wildman–Crippen MR) is 58.2 cm³/mol. The first-order valence-corrected chi connectivity index (χ1v) is 5.52. The monoisotopic (exact) mass is 284 g/mol. The van der Waals surface area contributed by atoms with Crippen molar-refractivity contribution in [2.24, 2.45) is 0 Å². The quantitative estimate of drug-likeness (QED) is 0.445. The van der Waals surface area contributed by atoms with Crippen molar-refractivity contribution in [2.45, 2.75) is 31.9 Å². The molecule has 0 aromatic heterocycles. The Labute approximate surface area is 107 Å². The third kappa shape index (κ3) is 12.4. The molecule has 19 heavy (non-hydrogen) atoms. The van der Waals surface area contributed by atoms with Gasteiger partial charge in [-0.3, -0.25) is 14.4 Å². The topological polar surface area (TPSA) is 95.5 Å². The Bertz CT molecular complexity index is 331. The largest absolute Gasteiger partial charge is 0.481 e. The predicted octanol–water partition coefficient (Wildman–Crippen LogP) is 0.426. The van der Waals surface area contributed by atoms with Gasteiger partial charge in [0.1, 0.15) is 13.0 Å². The Kier molecular flexibility index (Phi) is 7.54. The minimum Gasteiger partial charge on any atom is -0.481 e. The van der Waals surface area contributed by atoms with Gasteiger partial charge < -0.3 is 15.7 Å². The molecule has 0 saturated carbocycles. The number of amides is 2. The van der Waals surface area contributed by atoms with Crippen LogP contribution in [0.15, 0.2) is 0 Å². The van der Waals surface area contributed by atoms with Crippen molar-refractivity contribution < 1.29 is 32.7 Å². The van der Waals surface area contributed by atoms with Gasteiger partial charge >= 0.3 is 12.1 Å². The number of rotatable bonds is 8. The Balaban J connectivity index is 3.63. The van der Waals surface area contributed by atoms with Gasteiger partial charge in [0, 0.05) is 13.0 Å². The third-order valence-electron chi connectivity index (χ3n) is 1.95. The van der Waals surface area contributed by atoms with Crippen molar-refractivity contribution in [2.75, 3.05) is 13.1 Å². The van der Waals surface area contributed by atoms with Gasteiger partial charge in [-0.05, 0) is 12.8 Å². The van der Waals surface area contributed by atoms with E-state index >= 15 is 0 Å². The highest BCUT2D eigenvalue weighted by Gasteiger charge is 2.27. The zero-order valence-electron chi connectivity index (χ0n) is 10.0. The van der Waals surface area contributed by atoms with Gasteiger partial charge in [0.2, 0.25) is 11.8 Å². The van der Waals surface area contributed by atoms with Crippen LogP contribution in [0.3, 0.4) is 0 Å². The van der Waals surface area contributed by atoms with Crippen molar-refractivity contribution in [1.29, 1.82) is 0 Å². The maximum absolute atomic E-state index is 11.7. The van der Waals surface area contributed by atoms with Gasteiger partial charge in [0.15, 0.2) is 0 Å². The first-order valence-electron chi connectivity index (χ1n) is 5.52. The molecule has 0 rings (SSSR count). The minimum absolute atomic E-state index is 0.0259. The number of nitrogens with one attached hydrogen (secondary N) is 2. The highest BCUT2D eigenvalue weighted by molar-refractivity contribution is 5.96. The minimum atomic E-state index is -4.51. The van der Waals surface area contributed by atoms with Crippen molar-refractivity contribution in [3.8, 4) is 0 Å². The summed E-state index contributed by atoms with van der Waals surface area (Å²) in [6.45, 7) is -1.30. The van der Waals surface area contributed by atoms with Crippen molar-refractivity contribution in [1.82, 2.24) is 10.6 Å². The maximum atomic E-state index is 11.7. The molecule has 0 unspecified atom stereocenters. The number of alkyl halides is 3. The average molecular weight is 284 g/mol. The standard InChI is InChI=1S/C10H15F3N2O4/c11-10(12,13)6-15-8(17)5-7(16)14-4-2-1-3-9(18)19/h1-6H2,(H,14,16)(H,15,17)(H,18,19). The number of carboxylic acids is 1. The molecule has 0 aromatic rings. The number of carbonyl (C=O) groups excluding carboxylic acids is 2. The highest BCUT2D eigenvalue weighted by atomic mass is 19.4. The van der Waals surface area contributed by atoms with Crippen LogP contribution in [0.25, 0.3) is 0 Å². The van der Waals surface area contributed by atoms with E-state index < -0.39 is 36.9 Å². The lowest BCUT2D eigenvalue weighted by molar-refractivity contribution is -0.140. The van der Waals surface area contributed by atoms with Crippen molar-refractivity contribution >= 4 is 17.8 Å². The van der Waals surface area contributed by atoms with E-state index in [9.17, 15) is 27.6 Å². The molecule has 3 N–H and O–H groups in total. The lowest BCUT2D eigenvalue weighted by atomic mass is 10.2. The summed E-state index contributed by atoms with van der Waals surface area (Å²) in [6.07, 6.45) is -4.43. The number of hydrogen-bond donors (Lipinski definition) is 3. The zero-order valence-corrected chi connectivity index (χ0v) is 10.0. The number of hydrogen-bond acceptors (Lipinski definition) is 3. The van der Waals surface area contributed by atoms with E-state index in [1.807, 2.05) is 0 Å². The molecule has 2 amide bonds. The van der Waals surface area contributed by atoms with E-state index in [0.717, 1.165) is 0 Å². The smallest absolute Gasteiger partial charge is 0.405 e. The highest BCUT2D eigenvalue weighted by Crippen LogP contribution is 2.12. The summed E-state index contributed by atoms with van der Waals surface area (Å²) < 4.78 is 35.2. The second-order valence-electron chi connectivity index (χ2n) is 3.77. The fraction of sp³-hybridized carbons (Fsp3) is 0.700. The lowest BCUT2D eigenvalue weighted by Gasteiger charge is -2.08. The molecule has 0 aliphatic carbocycles. The molecule has 6 nitrogen and oxygen atoms in total. The van der Waals surface area contributed by atoms with Gasteiger partial charge in [-0.15, -0.1) is 0 Å². The summed E-state index contributed by atoms with van der Waals surface area (Å²) in [6, 6.07) is 0. The summed E-state index contributed by atoms with van der Waals surface area (Å²) in [5.41, 5.74) is 0. The van der Waals surface area contributed by atoms with Crippen LogP contribution in [0, 0.1) is 0 Å². The second kappa shape index (κ2) is 8.33. The molecular weight excluding hydrogens is 269 g/mol. The number of carbonyl (C=O) groups is 3. The third-order valence-corrected chi connectivity index (χ3v) is 1.95. The fourth-order valence-corrected chi connectivity index (χ4v) is 1.10. The molecule has 0 spiro atoms. The maximum Gasteiger partial charge on any atom is 0.405 e. The zero-order chi connectivity index (χ0) is 14.9. The van der Waals surface area contributed by atoms with E-state index in [0.29, 0.717) is 12.8 Å². The van der Waals surface area contributed by atoms with E-state index in [-0.39, 0.29) is 13.0 Å². The molecule has 0 atom stereocenters. The molecule has 0 saturated heterocycles. The van der Waals surface area contributed by atoms with Gasteiger partial charge in [-0.25, -0.2) is 0 Å². The Hall–Kier alpha value is -1.80. The molecule has 0 heterocycles. The Morgan fingerprint density at radius 1 is 1.00 bits per heavy atom.